The first-order chi connectivity index (χ1) is 4.16. The molecule has 1 radical (unpaired) electrons. The van der Waals surface area contributed by atoms with Gasteiger partial charge in [0.05, 0.1) is 6.61 Å². The van der Waals surface area contributed by atoms with Crippen LogP contribution in [0.5, 0.6) is 0 Å². The molecule has 0 N–H and O–H groups in total. The lowest BCUT2D eigenvalue weighted by atomic mass is 10.1. The Hall–Kier alpha value is -0.310. The molecule has 0 aliphatic heterocycles. The van der Waals surface area contributed by atoms with E-state index in [-0.39, 0.29) is 0 Å². The SMILES string of the molecule is CCC(C)COC(=O)[S]. The van der Waals surface area contributed by atoms with Crippen molar-refractivity contribution < 1.29 is 9.53 Å². The minimum Gasteiger partial charge on any atom is -0.454 e. The van der Waals surface area contributed by atoms with Crippen molar-refractivity contribution in [1.29, 1.82) is 0 Å². The summed E-state index contributed by atoms with van der Waals surface area (Å²) in [6, 6.07) is 0. The molecule has 0 aromatic rings. The Morgan fingerprint density at radius 3 is 2.67 bits per heavy atom. The molecule has 0 heterocycles. The number of hydrogen-bond donors (Lipinski definition) is 0. The molecule has 0 saturated heterocycles. The normalized spacial score (nSPS) is 12.7. The number of hydrogen-bond acceptors (Lipinski definition) is 2. The van der Waals surface area contributed by atoms with E-state index in [0.717, 1.165) is 6.42 Å². The van der Waals surface area contributed by atoms with E-state index in [9.17, 15) is 4.79 Å². The van der Waals surface area contributed by atoms with Crippen LogP contribution in [0.15, 0.2) is 0 Å². The minimum absolute atomic E-state index is 0.428. The summed E-state index contributed by atoms with van der Waals surface area (Å²) in [7, 11) is 0. The summed E-state index contributed by atoms with van der Waals surface area (Å²) in [4.78, 5) is 10.1. The molecular formula is C6H11O2S. The fourth-order valence-corrected chi connectivity index (χ4v) is 0.396. The molecule has 1 unspecified atom stereocenters. The number of ether oxygens (including phenoxy) is 1. The summed E-state index contributed by atoms with van der Waals surface area (Å²) >= 11 is 4.18. The van der Waals surface area contributed by atoms with Gasteiger partial charge < -0.3 is 4.74 Å². The first-order valence-corrected chi connectivity index (χ1v) is 3.41. The molecule has 0 aromatic heterocycles. The Kier molecular flexibility index (Phi) is 4.40. The van der Waals surface area contributed by atoms with E-state index in [1.165, 1.54) is 0 Å². The second kappa shape index (κ2) is 4.56. The van der Waals surface area contributed by atoms with Gasteiger partial charge in [0.25, 0.3) is 0 Å². The molecule has 1 atom stereocenters. The summed E-state index contributed by atoms with van der Waals surface area (Å²) in [5, 5.41) is -0.602. The van der Waals surface area contributed by atoms with Gasteiger partial charge in [0.2, 0.25) is 0 Å². The van der Waals surface area contributed by atoms with Crippen molar-refractivity contribution in [2.45, 2.75) is 20.3 Å². The van der Waals surface area contributed by atoms with Crippen LogP contribution in [0.4, 0.5) is 4.79 Å². The molecule has 0 bridgehead atoms. The van der Waals surface area contributed by atoms with Crippen LogP contribution >= 0.6 is 12.6 Å². The third-order valence-corrected chi connectivity index (χ3v) is 1.30. The Labute approximate surface area is 61.0 Å². The second-order valence-electron chi connectivity index (χ2n) is 2.07. The molecule has 3 heteroatoms. The van der Waals surface area contributed by atoms with Crippen LogP contribution < -0.4 is 0 Å². The fraction of sp³-hybridized carbons (Fsp3) is 0.833. The first-order valence-electron chi connectivity index (χ1n) is 3.00. The maximum absolute atomic E-state index is 10.1. The van der Waals surface area contributed by atoms with Crippen LogP contribution in [0.2, 0.25) is 0 Å². The number of carbonyl (C=O) groups excluding carboxylic acids is 1. The smallest absolute Gasteiger partial charge is 0.400 e. The van der Waals surface area contributed by atoms with E-state index in [4.69, 9.17) is 0 Å². The van der Waals surface area contributed by atoms with Gasteiger partial charge in [-0.1, -0.05) is 20.3 Å². The summed E-state index contributed by atoms with van der Waals surface area (Å²) in [5.74, 6) is 0.428. The molecule has 9 heavy (non-hydrogen) atoms. The average Bonchev–Trinajstić information content (AvgIpc) is 1.83. The highest BCUT2D eigenvalue weighted by molar-refractivity contribution is 7.96. The van der Waals surface area contributed by atoms with Gasteiger partial charge in [-0.2, -0.15) is 0 Å². The van der Waals surface area contributed by atoms with Crippen LogP contribution in [0.25, 0.3) is 0 Å². The molecule has 0 rings (SSSR count). The largest absolute Gasteiger partial charge is 0.454 e. The van der Waals surface area contributed by atoms with Gasteiger partial charge in [-0.15, -0.1) is 0 Å². The lowest BCUT2D eigenvalue weighted by molar-refractivity contribution is 0.156. The van der Waals surface area contributed by atoms with Crippen LogP contribution in [0.1, 0.15) is 20.3 Å². The van der Waals surface area contributed by atoms with E-state index in [1.54, 1.807) is 0 Å². The van der Waals surface area contributed by atoms with Crippen LogP contribution in [0.3, 0.4) is 0 Å². The summed E-state index contributed by atoms with van der Waals surface area (Å²) < 4.78 is 4.57. The van der Waals surface area contributed by atoms with E-state index in [2.05, 4.69) is 17.4 Å². The number of rotatable bonds is 3. The highest BCUT2D eigenvalue weighted by Gasteiger charge is 2.00. The van der Waals surface area contributed by atoms with E-state index < -0.39 is 5.30 Å². The molecule has 0 aromatic carbocycles. The van der Waals surface area contributed by atoms with E-state index in [0.29, 0.717) is 12.5 Å². The predicted octanol–water partition coefficient (Wildman–Crippen LogP) is 2.37. The maximum atomic E-state index is 10.1. The molecular weight excluding hydrogens is 136 g/mol. The van der Waals surface area contributed by atoms with Gasteiger partial charge in [-0.25, -0.2) is 4.79 Å². The zero-order chi connectivity index (χ0) is 7.28. The Morgan fingerprint density at radius 1 is 1.78 bits per heavy atom. The Balaban J connectivity index is 3.16. The average molecular weight is 147 g/mol. The third-order valence-electron chi connectivity index (χ3n) is 1.18. The van der Waals surface area contributed by atoms with Gasteiger partial charge in [-0.05, 0) is 5.92 Å². The van der Waals surface area contributed by atoms with Crippen LogP contribution in [0, 0.1) is 5.92 Å². The molecule has 53 valence electrons. The Morgan fingerprint density at radius 2 is 2.33 bits per heavy atom. The quantitative estimate of drug-likeness (QED) is 0.573. The minimum atomic E-state index is -0.602. The fourth-order valence-electron chi connectivity index (χ4n) is 0.328. The second-order valence-corrected chi connectivity index (χ2v) is 2.41. The molecule has 0 aliphatic carbocycles. The van der Waals surface area contributed by atoms with Gasteiger partial charge in [-0.3, -0.25) is 0 Å². The highest BCUT2D eigenvalue weighted by atomic mass is 32.1. The van der Waals surface area contributed by atoms with Crippen molar-refractivity contribution in [2.24, 2.45) is 5.92 Å². The van der Waals surface area contributed by atoms with Crippen molar-refractivity contribution in [3.05, 3.63) is 0 Å². The van der Waals surface area contributed by atoms with E-state index in [1.807, 2.05) is 13.8 Å². The van der Waals surface area contributed by atoms with Crippen molar-refractivity contribution in [1.82, 2.24) is 0 Å². The lowest BCUT2D eigenvalue weighted by Gasteiger charge is -2.05. The summed E-state index contributed by atoms with van der Waals surface area (Å²) in [6.45, 7) is 4.51. The van der Waals surface area contributed by atoms with Crippen LogP contribution in [-0.4, -0.2) is 11.9 Å². The van der Waals surface area contributed by atoms with Crippen molar-refractivity contribution >= 4 is 17.9 Å². The van der Waals surface area contributed by atoms with Crippen LogP contribution in [-0.2, 0) is 4.74 Å². The topological polar surface area (TPSA) is 26.3 Å². The molecule has 0 fully saturated rings. The van der Waals surface area contributed by atoms with Gasteiger partial charge in [0, 0.05) is 12.6 Å². The van der Waals surface area contributed by atoms with Crippen molar-refractivity contribution in [3.8, 4) is 0 Å². The molecule has 0 saturated carbocycles. The lowest BCUT2D eigenvalue weighted by Crippen LogP contribution is -2.05. The molecule has 0 spiro atoms. The highest BCUT2D eigenvalue weighted by Crippen LogP contribution is 2.01. The maximum Gasteiger partial charge on any atom is 0.400 e. The summed E-state index contributed by atoms with van der Waals surface area (Å²) in [5.41, 5.74) is 0. The van der Waals surface area contributed by atoms with Crippen molar-refractivity contribution in [2.75, 3.05) is 6.61 Å². The summed E-state index contributed by atoms with van der Waals surface area (Å²) in [6.07, 6.45) is 1.02. The standard InChI is InChI=1S/C6H11O2S/c1-3-5(2)4-8-6(7)9/h5H,3-4H2,1-2H3. The zero-order valence-corrected chi connectivity index (χ0v) is 6.53. The molecule has 0 aliphatic rings. The Bertz CT molecular complexity index is 93.1. The van der Waals surface area contributed by atoms with Gasteiger partial charge >= 0.3 is 5.30 Å². The third kappa shape index (κ3) is 5.56. The zero-order valence-electron chi connectivity index (χ0n) is 5.72. The monoisotopic (exact) mass is 147 g/mol. The first kappa shape index (κ1) is 8.69. The molecule has 2 nitrogen and oxygen atoms in total. The molecule has 0 amide bonds. The van der Waals surface area contributed by atoms with Crippen molar-refractivity contribution in [3.63, 3.8) is 0 Å². The number of carbonyl (C=O) groups is 1. The van der Waals surface area contributed by atoms with Gasteiger partial charge in [0.1, 0.15) is 0 Å². The van der Waals surface area contributed by atoms with E-state index >= 15 is 0 Å². The predicted molar refractivity (Wildman–Crippen MR) is 38.4 cm³/mol. The van der Waals surface area contributed by atoms with Gasteiger partial charge in [0.15, 0.2) is 0 Å².